The number of carbonyl (C=O) groups excluding carboxylic acids is 1. The largest absolute Gasteiger partial charge is 0.494 e. The van der Waals surface area contributed by atoms with Gasteiger partial charge in [0.1, 0.15) is 11.6 Å². The number of ether oxygens (including phenoxy) is 1. The van der Waals surface area contributed by atoms with Gasteiger partial charge in [0.05, 0.1) is 12.2 Å². The van der Waals surface area contributed by atoms with E-state index in [0.29, 0.717) is 30.5 Å². The number of carbonyl (C=O) groups is 1. The van der Waals surface area contributed by atoms with Crippen LogP contribution in [0.4, 0.5) is 11.5 Å². The molecule has 1 aromatic heterocycles. The van der Waals surface area contributed by atoms with Crippen molar-refractivity contribution < 1.29 is 9.53 Å². The number of pyridine rings is 1. The molecule has 1 aliphatic heterocycles. The number of hydrogen-bond donors (Lipinski definition) is 2. The first kappa shape index (κ1) is 19.2. The van der Waals surface area contributed by atoms with Crippen LogP contribution in [0.5, 0.6) is 5.75 Å². The molecule has 3 N–H and O–H groups in total. The molecule has 6 heteroatoms. The Labute approximate surface area is 160 Å². The fraction of sp³-hybridized carbons (Fsp3) is 0.429. The van der Waals surface area contributed by atoms with Crippen molar-refractivity contribution in [2.45, 2.75) is 32.7 Å². The van der Waals surface area contributed by atoms with Crippen molar-refractivity contribution in [3.05, 3.63) is 48.2 Å². The number of anilines is 2. The molecule has 0 bridgehead atoms. The van der Waals surface area contributed by atoms with Gasteiger partial charge < -0.3 is 20.7 Å². The quantitative estimate of drug-likeness (QED) is 0.816. The maximum Gasteiger partial charge on any atom is 0.257 e. The number of hydrogen-bond acceptors (Lipinski definition) is 5. The zero-order chi connectivity index (χ0) is 19.2. The average Bonchev–Trinajstić information content (AvgIpc) is 2.70. The lowest BCUT2D eigenvalue weighted by molar-refractivity contribution is 0.0661. The van der Waals surface area contributed by atoms with Gasteiger partial charge in [0.25, 0.3) is 5.91 Å². The number of piperidine rings is 1. The van der Waals surface area contributed by atoms with E-state index in [9.17, 15) is 4.79 Å². The van der Waals surface area contributed by atoms with Crippen LogP contribution < -0.4 is 15.8 Å². The first-order valence-corrected chi connectivity index (χ1v) is 9.58. The number of rotatable bonds is 6. The van der Waals surface area contributed by atoms with Crippen molar-refractivity contribution in [3.8, 4) is 5.75 Å². The van der Waals surface area contributed by atoms with Crippen molar-refractivity contribution in [2.75, 3.05) is 25.0 Å². The molecule has 1 fully saturated rings. The molecule has 1 aliphatic rings. The molecule has 6 nitrogen and oxygen atoms in total. The molecular formula is C21H28N4O2. The molecule has 0 radical (unpaired) electrons. The second-order valence-corrected chi connectivity index (χ2v) is 6.99. The molecule has 1 amide bonds. The highest BCUT2D eigenvalue weighted by Crippen LogP contribution is 2.25. The first-order chi connectivity index (χ1) is 13.1. The summed E-state index contributed by atoms with van der Waals surface area (Å²) < 4.78 is 5.47. The molecule has 0 aliphatic carbocycles. The van der Waals surface area contributed by atoms with E-state index >= 15 is 0 Å². The Balaban J connectivity index is 1.76. The van der Waals surface area contributed by atoms with Gasteiger partial charge in [-0.3, -0.25) is 4.79 Å². The third-order valence-corrected chi connectivity index (χ3v) is 4.95. The van der Waals surface area contributed by atoms with Gasteiger partial charge in [-0.15, -0.1) is 0 Å². The van der Waals surface area contributed by atoms with Crippen LogP contribution in [0, 0.1) is 5.92 Å². The SMILES string of the molecule is CCOc1ccc(Nc2ncccc2C(=O)N2CCCC(C(C)N)C2)cc1. The van der Waals surface area contributed by atoms with Crippen LogP contribution in [0.25, 0.3) is 0 Å². The average molecular weight is 368 g/mol. The van der Waals surface area contributed by atoms with Crippen molar-refractivity contribution in [2.24, 2.45) is 11.7 Å². The molecule has 1 aromatic carbocycles. The van der Waals surface area contributed by atoms with Gasteiger partial charge in [0.15, 0.2) is 0 Å². The second kappa shape index (κ2) is 8.86. The molecule has 2 heterocycles. The molecule has 0 spiro atoms. The topological polar surface area (TPSA) is 80.5 Å². The summed E-state index contributed by atoms with van der Waals surface area (Å²) in [7, 11) is 0. The molecule has 1 saturated heterocycles. The highest BCUT2D eigenvalue weighted by molar-refractivity contribution is 5.99. The van der Waals surface area contributed by atoms with Crippen LogP contribution in [0.2, 0.25) is 0 Å². The van der Waals surface area contributed by atoms with E-state index in [2.05, 4.69) is 10.3 Å². The molecule has 2 atom stereocenters. The number of nitrogens with zero attached hydrogens (tertiary/aromatic N) is 2. The Morgan fingerprint density at radius 2 is 2.15 bits per heavy atom. The Hall–Kier alpha value is -2.60. The van der Waals surface area contributed by atoms with Gasteiger partial charge in [-0.2, -0.15) is 0 Å². The summed E-state index contributed by atoms with van der Waals surface area (Å²) in [6.07, 6.45) is 3.75. The third-order valence-electron chi connectivity index (χ3n) is 4.95. The smallest absolute Gasteiger partial charge is 0.257 e. The second-order valence-electron chi connectivity index (χ2n) is 6.99. The molecule has 144 valence electrons. The lowest BCUT2D eigenvalue weighted by Gasteiger charge is -2.34. The lowest BCUT2D eigenvalue weighted by atomic mass is 9.92. The highest BCUT2D eigenvalue weighted by Gasteiger charge is 2.27. The zero-order valence-corrected chi connectivity index (χ0v) is 16.0. The number of aromatic nitrogens is 1. The maximum absolute atomic E-state index is 13.1. The van der Waals surface area contributed by atoms with Crippen LogP contribution in [0.3, 0.4) is 0 Å². The number of amides is 1. The number of likely N-dealkylation sites (tertiary alicyclic amines) is 1. The Kier molecular flexibility index (Phi) is 6.29. The summed E-state index contributed by atoms with van der Waals surface area (Å²) >= 11 is 0. The van der Waals surface area contributed by atoms with Gasteiger partial charge in [-0.05, 0) is 69.0 Å². The predicted octanol–water partition coefficient (Wildman–Crippen LogP) is 3.42. The highest BCUT2D eigenvalue weighted by atomic mass is 16.5. The molecule has 2 unspecified atom stereocenters. The number of benzene rings is 1. The van der Waals surface area contributed by atoms with Crippen molar-refractivity contribution in [3.63, 3.8) is 0 Å². The predicted molar refractivity (Wildman–Crippen MR) is 107 cm³/mol. The Bertz CT molecular complexity index is 761. The van der Waals surface area contributed by atoms with E-state index < -0.39 is 0 Å². The van der Waals surface area contributed by atoms with Crippen LogP contribution in [-0.2, 0) is 0 Å². The Morgan fingerprint density at radius 1 is 1.37 bits per heavy atom. The van der Waals surface area contributed by atoms with Crippen LogP contribution in [0.1, 0.15) is 37.0 Å². The van der Waals surface area contributed by atoms with E-state index in [1.807, 2.05) is 49.1 Å². The lowest BCUT2D eigenvalue weighted by Crippen LogP contribution is -2.45. The van der Waals surface area contributed by atoms with Gasteiger partial charge in [-0.25, -0.2) is 4.98 Å². The summed E-state index contributed by atoms with van der Waals surface area (Å²) in [4.78, 5) is 19.4. The summed E-state index contributed by atoms with van der Waals surface area (Å²) in [6, 6.07) is 11.3. The van der Waals surface area contributed by atoms with Gasteiger partial charge >= 0.3 is 0 Å². The fourth-order valence-electron chi connectivity index (χ4n) is 3.41. The van der Waals surface area contributed by atoms with E-state index in [-0.39, 0.29) is 11.9 Å². The zero-order valence-electron chi connectivity index (χ0n) is 16.0. The molecule has 0 saturated carbocycles. The van der Waals surface area contributed by atoms with Crippen LogP contribution in [0.15, 0.2) is 42.6 Å². The minimum absolute atomic E-state index is 0.00175. The Morgan fingerprint density at radius 3 is 2.85 bits per heavy atom. The van der Waals surface area contributed by atoms with E-state index in [4.69, 9.17) is 10.5 Å². The molecule has 2 aromatic rings. The van der Waals surface area contributed by atoms with E-state index in [1.165, 1.54) is 0 Å². The van der Waals surface area contributed by atoms with Gasteiger partial charge in [-0.1, -0.05) is 0 Å². The molecular weight excluding hydrogens is 340 g/mol. The first-order valence-electron chi connectivity index (χ1n) is 9.58. The number of nitrogens with one attached hydrogen (secondary N) is 1. The fourth-order valence-corrected chi connectivity index (χ4v) is 3.41. The van der Waals surface area contributed by atoms with E-state index in [0.717, 1.165) is 30.8 Å². The van der Waals surface area contributed by atoms with Crippen LogP contribution >= 0.6 is 0 Å². The van der Waals surface area contributed by atoms with Crippen molar-refractivity contribution in [1.82, 2.24) is 9.88 Å². The molecule has 3 rings (SSSR count). The maximum atomic E-state index is 13.1. The van der Waals surface area contributed by atoms with Gasteiger partial charge in [0.2, 0.25) is 0 Å². The minimum atomic E-state index is 0.00175. The normalized spacial score (nSPS) is 18.0. The molecule has 27 heavy (non-hydrogen) atoms. The number of nitrogens with two attached hydrogens (primary N) is 1. The van der Waals surface area contributed by atoms with Crippen molar-refractivity contribution >= 4 is 17.4 Å². The van der Waals surface area contributed by atoms with Crippen LogP contribution in [-0.4, -0.2) is 41.5 Å². The van der Waals surface area contributed by atoms with Crippen molar-refractivity contribution in [1.29, 1.82) is 0 Å². The summed E-state index contributed by atoms with van der Waals surface area (Å²) in [5.41, 5.74) is 7.50. The standard InChI is InChI=1S/C21H28N4O2/c1-3-27-18-10-8-17(9-11-18)24-20-19(7-4-12-23-20)21(26)25-13-5-6-16(14-25)15(2)22/h4,7-12,15-16H,3,5-6,13-14,22H2,1-2H3,(H,23,24). The summed E-state index contributed by atoms with van der Waals surface area (Å²) in [5.74, 6) is 1.73. The monoisotopic (exact) mass is 368 g/mol. The third kappa shape index (κ3) is 4.77. The minimum Gasteiger partial charge on any atom is -0.494 e. The summed E-state index contributed by atoms with van der Waals surface area (Å²) in [6.45, 7) is 6.06. The van der Waals surface area contributed by atoms with Gasteiger partial charge in [0, 0.05) is 31.0 Å². The van der Waals surface area contributed by atoms with E-state index in [1.54, 1.807) is 12.3 Å². The summed E-state index contributed by atoms with van der Waals surface area (Å²) in [5, 5.41) is 3.26.